The van der Waals surface area contributed by atoms with Gasteiger partial charge in [-0.2, -0.15) is 0 Å². The van der Waals surface area contributed by atoms with Crippen LogP contribution in [0.25, 0.3) is 0 Å². The molecule has 0 unspecified atom stereocenters. The van der Waals surface area contributed by atoms with Crippen LogP contribution in [-0.4, -0.2) is 37.0 Å². The maximum absolute atomic E-state index is 11.4. The van der Waals surface area contributed by atoms with E-state index in [1.165, 1.54) is 15.4 Å². The lowest BCUT2D eigenvalue weighted by atomic mass is 10.2. The molecule has 130 valence electrons. The molecule has 0 bridgehead atoms. The van der Waals surface area contributed by atoms with Gasteiger partial charge in [-0.25, -0.2) is 0 Å². The predicted octanol–water partition coefficient (Wildman–Crippen LogP) is 0.341. The Morgan fingerprint density at radius 1 is 1.08 bits per heavy atom. The molecule has 0 radical (unpaired) electrons. The molecule has 0 spiro atoms. The number of hydrogen-bond acceptors (Lipinski definition) is 4. The van der Waals surface area contributed by atoms with Crippen molar-refractivity contribution in [1.29, 1.82) is 0 Å². The maximum Gasteiger partial charge on any atom is 0.219 e. The summed E-state index contributed by atoms with van der Waals surface area (Å²) in [6.07, 6.45) is 0. The Kier molecular flexibility index (Phi) is 6.52. The lowest BCUT2D eigenvalue weighted by Crippen LogP contribution is -3.00. The summed E-state index contributed by atoms with van der Waals surface area (Å²) in [6.45, 7) is 8.08. The van der Waals surface area contributed by atoms with Crippen molar-refractivity contribution in [2.45, 2.75) is 20.4 Å². The fourth-order valence-corrected chi connectivity index (χ4v) is 3.67. The molecule has 0 atom stereocenters. The number of carbonyl (C=O) groups excluding carboxylic acids is 1. The molecule has 1 aromatic carbocycles. The number of amides is 1. The van der Waals surface area contributed by atoms with Gasteiger partial charge >= 0.3 is 0 Å². The third-order valence-corrected chi connectivity index (χ3v) is 5.22. The van der Waals surface area contributed by atoms with Crippen molar-refractivity contribution in [3.8, 4) is 0 Å². The molecule has 1 N–H and O–H groups in total. The van der Waals surface area contributed by atoms with Gasteiger partial charge in [0.05, 0.1) is 0 Å². The maximum atomic E-state index is 11.4. The van der Waals surface area contributed by atoms with Crippen molar-refractivity contribution in [2.75, 3.05) is 36.4 Å². The van der Waals surface area contributed by atoms with Gasteiger partial charge in [-0.15, -0.1) is 11.3 Å². The van der Waals surface area contributed by atoms with Gasteiger partial charge in [-0.3, -0.25) is 4.79 Å². The molecule has 6 heteroatoms. The number of nitrogens with zero attached hydrogens (tertiary/aromatic N) is 2. The molecule has 0 aliphatic carbocycles. The van der Waals surface area contributed by atoms with Crippen molar-refractivity contribution in [1.82, 2.24) is 4.90 Å². The molecule has 3 rings (SSSR count). The van der Waals surface area contributed by atoms with E-state index in [0.29, 0.717) is 0 Å². The highest BCUT2D eigenvalue weighted by molar-refractivity contribution is 7.11. The van der Waals surface area contributed by atoms with Gasteiger partial charge in [-0.1, -0.05) is 0 Å². The van der Waals surface area contributed by atoms with E-state index in [2.05, 4.69) is 53.5 Å². The van der Waals surface area contributed by atoms with Crippen LogP contribution in [0.4, 0.5) is 11.4 Å². The quantitative estimate of drug-likeness (QED) is 0.850. The first kappa shape index (κ1) is 18.6. The highest BCUT2D eigenvalue weighted by Gasteiger charge is 2.18. The Balaban J connectivity index is 0.00000208. The van der Waals surface area contributed by atoms with Crippen molar-refractivity contribution >= 4 is 28.6 Å². The molecule has 1 aliphatic heterocycles. The number of anilines is 2. The number of benzene rings is 1. The zero-order valence-corrected chi connectivity index (χ0v) is 15.7. The Morgan fingerprint density at radius 2 is 1.75 bits per heavy atom. The van der Waals surface area contributed by atoms with E-state index in [1.54, 1.807) is 6.92 Å². The highest BCUT2D eigenvalue weighted by atomic mass is 35.5. The van der Waals surface area contributed by atoms with Gasteiger partial charge in [0.1, 0.15) is 0 Å². The number of rotatable bonds is 4. The van der Waals surface area contributed by atoms with Crippen molar-refractivity contribution in [3.63, 3.8) is 0 Å². The molecule has 1 aliphatic rings. The van der Waals surface area contributed by atoms with E-state index < -0.39 is 0 Å². The topological polar surface area (TPSA) is 35.6 Å². The second-order valence-electron chi connectivity index (χ2n) is 5.91. The van der Waals surface area contributed by atoms with Gasteiger partial charge in [0.2, 0.25) is 5.91 Å². The minimum absolute atomic E-state index is 0. The molecule has 1 saturated heterocycles. The van der Waals surface area contributed by atoms with Crippen LogP contribution >= 0.6 is 11.3 Å². The average molecular weight is 365 g/mol. The molecule has 2 aromatic rings. The fraction of sp³-hybridized carbons (Fsp3) is 0.389. The fourth-order valence-electron chi connectivity index (χ4n) is 2.84. The van der Waals surface area contributed by atoms with Crippen LogP contribution in [0.15, 0.2) is 36.4 Å². The van der Waals surface area contributed by atoms with Crippen LogP contribution in [0, 0.1) is 6.92 Å². The second-order valence-corrected chi connectivity index (χ2v) is 7.28. The third kappa shape index (κ3) is 4.65. The number of halogens is 1. The lowest BCUT2D eigenvalue weighted by Gasteiger charge is -2.35. The molecule has 1 fully saturated rings. The monoisotopic (exact) mass is 364 g/mol. The van der Waals surface area contributed by atoms with Gasteiger partial charge in [0.25, 0.3) is 0 Å². The molecular formula is C18H23ClN3OS-. The van der Waals surface area contributed by atoms with Gasteiger partial charge in [-0.05, 0) is 43.3 Å². The van der Waals surface area contributed by atoms with E-state index in [1.807, 2.05) is 16.2 Å². The molecular weight excluding hydrogens is 342 g/mol. The van der Waals surface area contributed by atoms with E-state index in [-0.39, 0.29) is 18.3 Å². The summed E-state index contributed by atoms with van der Waals surface area (Å²) in [5.41, 5.74) is 2.37. The Labute approximate surface area is 153 Å². The van der Waals surface area contributed by atoms with Crippen LogP contribution < -0.4 is 22.6 Å². The summed E-state index contributed by atoms with van der Waals surface area (Å²) in [7, 11) is 0. The summed E-state index contributed by atoms with van der Waals surface area (Å²) in [5, 5.41) is 3.47. The van der Waals surface area contributed by atoms with Crippen LogP contribution in [-0.2, 0) is 11.3 Å². The summed E-state index contributed by atoms with van der Waals surface area (Å²) < 4.78 is 0. The summed E-state index contributed by atoms with van der Waals surface area (Å²) in [4.78, 5) is 18.3. The molecule has 4 nitrogen and oxygen atoms in total. The van der Waals surface area contributed by atoms with Crippen LogP contribution in [0.5, 0.6) is 0 Å². The van der Waals surface area contributed by atoms with E-state index >= 15 is 0 Å². The van der Waals surface area contributed by atoms with Crippen LogP contribution in [0.3, 0.4) is 0 Å². The number of aryl methyl sites for hydroxylation is 1. The van der Waals surface area contributed by atoms with E-state index in [0.717, 1.165) is 38.4 Å². The third-order valence-electron chi connectivity index (χ3n) is 4.22. The first-order chi connectivity index (χ1) is 11.1. The molecule has 24 heavy (non-hydrogen) atoms. The smallest absolute Gasteiger partial charge is 0.219 e. The Morgan fingerprint density at radius 3 is 2.29 bits per heavy atom. The highest BCUT2D eigenvalue weighted by Crippen LogP contribution is 2.21. The molecule has 2 heterocycles. The SMILES string of the molecule is CC(=O)N1CCN(c2ccc(NCc3ccc(C)s3)cc2)CC1.[Cl-]. The van der Waals surface area contributed by atoms with Crippen molar-refractivity contribution < 1.29 is 17.2 Å². The zero-order valence-electron chi connectivity index (χ0n) is 14.1. The van der Waals surface area contributed by atoms with E-state index in [4.69, 9.17) is 0 Å². The zero-order chi connectivity index (χ0) is 16.2. The molecule has 0 saturated carbocycles. The van der Waals surface area contributed by atoms with Crippen LogP contribution in [0.1, 0.15) is 16.7 Å². The lowest BCUT2D eigenvalue weighted by molar-refractivity contribution is -0.129. The molecule has 1 aromatic heterocycles. The summed E-state index contributed by atoms with van der Waals surface area (Å²) in [6, 6.07) is 12.9. The average Bonchev–Trinajstić information content (AvgIpc) is 2.99. The first-order valence-corrected chi connectivity index (χ1v) is 8.83. The second kappa shape index (κ2) is 8.40. The largest absolute Gasteiger partial charge is 1.00 e. The molecule has 1 amide bonds. The first-order valence-electron chi connectivity index (χ1n) is 8.01. The van der Waals surface area contributed by atoms with Gasteiger partial charge in [0.15, 0.2) is 0 Å². The number of piperazine rings is 1. The van der Waals surface area contributed by atoms with Crippen molar-refractivity contribution in [2.24, 2.45) is 0 Å². The van der Waals surface area contributed by atoms with Gasteiger partial charge < -0.3 is 27.5 Å². The minimum atomic E-state index is 0. The number of thiophene rings is 1. The number of carbonyl (C=O) groups is 1. The predicted molar refractivity (Wildman–Crippen MR) is 97.3 cm³/mol. The van der Waals surface area contributed by atoms with E-state index in [9.17, 15) is 4.79 Å². The minimum Gasteiger partial charge on any atom is -1.00 e. The summed E-state index contributed by atoms with van der Waals surface area (Å²) in [5.74, 6) is 0.174. The number of nitrogens with one attached hydrogen (secondary N) is 1. The Hall–Kier alpha value is -1.72. The van der Waals surface area contributed by atoms with Crippen LogP contribution in [0.2, 0.25) is 0 Å². The summed E-state index contributed by atoms with van der Waals surface area (Å²) >= 11 is 1.83. The van der Waals surface area contributed by atoms with Crippen molar-refractivity contribution in [3.05, 3.63) is 46.2 Å². The normalized spacial score (nSPS) is 14.2. The Bertz CT molecular complexity index is 663. The van der Waals surface area contributed by atoms with Gasteiger partial charge in [0, 0.05) is 60.8 Å². The number of hydrogen-bond donors (Lipinski definition) is 1. The standard InChI is InChI=1S/C18H23N3OS.ClH/c1-14-3-8-18(23-14)13-19-16-4-6-17(7-5-16)21-11-9-20(10-12-21)15(2)22;/h3-8,19H,9-13H2,1-2H3;1H/p-1.